The van der Waals surface area contributed by atoms with Crippen molar-refractivity contribution in [1.82, 2.24) is 5.32 Å². The lowest BCUT2D eigenvalue weighted by molar-refractivity contribution is -0.122. The molecule has 1 fully saturated rings. The van der Waals surface area contributed by atoms with E-state index in [0.29, 0.717) is 28.5 Å². The molecular weight excluding hydrogens is 392 g/mol. The summed E-state index contributed by atoms with van der Waals surface area (Å²) in [6.07, 6.45) is 1.47. The van der Waals surface area contributed by atoms with Crippen molar-refractivity contribution in [2.24, 2.45) is 0 Å². The fourth-order valence-electron chi connectivity index (χ4n) is 3.04. The minimum Gasteiger partial charge on any atom is -0.493 e. The number of methoxy groups -OCH3 is 3. The number of thiocarbonyl (C=S) groups is 1. The summed E-state index contributed by atoms with van der Waals surface area (Å²) in [4.78, 5) is 27.0. The van der Waals surface area contributed by atoms with Gasteiger partial charge < -0.3 is 14.2 Å². The van der Waals surface area contributed by atoms with Crippen LogP contribution in [0.2, 0.25) is 0 Å². The topological polar surface area (TPSA) is 77.1 Å². The zero-order valence-corrected chi connectivity index (χ0v) is 17.3. The highest BCUT2D eigenvalue weighted by Crippen LogP contribution is 2.39. The van der Waals surface area contributed by atoms with Crippen LogP contribution in [-0.4, -0.2) is 38.3 Å². The molecule has 0 saturated carbocycles. The summed E-state index contributed by atoms with van der Waals surface area (Å²) >= 11 is 5.24. The molecule has 1 aliphatic rings. The SMILES string of the molecule is COc1cc(/C=C2\C(=O)NC(=S)N(c3ccccc3C)C2=O)cc(OC)c1OC. The molecule has 0 bridgehead atoms. The van der Waals surface area contributed by atoms with Crippen molar-refractivity contribution in [3.8, 4) is 17.2 Å². The van der Waals surface area contributed by atoms with Crippen molar-refractivity contribution in [2.75, 3.05) is 26.2 Å². The Hall–Kier alpha value is -3.39. The number of rotatable bonds is 5. The van der Waals surface area contributed by atoms with E-state index in [4.69, 9.17) is 26.4 Å². The van der Waals surface area contributed by atoms with Crippen LogP contribution in [0.5, 0.6) is 17.2 Å². The van der Waals surface area contributed by atoms with Crippen LogP contribution in [0, 0.1) is 6.92 Å². The van der Waals surface area contributed by atoms with Crippen LogP contribution < -0.4 is 24.4 Å². The van der Waals surface area contributed by atoms with E-state index in [2.05, 4.69) is 5.32 Å². The second-order valence-electron chi connectivity index (χ2n) is 6.20. The van der Waals surface area contributed by atoms with Crippen LogP contribution in [-0.2, 0) is 9.59 Å². The Morgan fingerprint density at radius 1 is 1.00 bits per heavy atom. The zero-order chi connectivity index (χ0) is 21.1. The lowest BCUT2D eigenvalue weighted by atomic mass is 10.0. The van der Waals surface area contributed by atoms with Gasteiger partial charge in [0, 0.05) is 0 Å². The molecule has 3 rings (SSSR count). The Bertz CT molecular complexity index is 1010. The van der Waals surface area contributed by atoms with E-state index in [1.165, 1.54) is 32.3 Å². The lowest BCUT2D eigenvalue weighted by Gasteiger charge is -2.30. The predicted octanol–water partition coefficient (Wildman–Crippen LogP) is 2.85. The number of benzene rings is 2. The molecule has 0 spiro atoms. The number of ether oxygens (including phenoxy) is 3. The van der Waals surface area contributed by atoms with Crippen molar-refractivity contribution >= 4 is 40.9 Å². The van der Waals surface area contributed by atoms with Crippen LogP contribution in [0.3, 0.4) is 0 Å². The van der Waals surface area contributed by atoms with E-state index < -0.39 is 11.8 Å². The molecule has 0 radical (unpaired) electrons. The number of hydrogen-bond donors (Lipinski definition) is 1. The van der Waals surface area contributed by atoms with Crippen LogP contribution in [0.1, 0.15) is 11.1 Å². The minimum absolute atomic E-state index is 0.0383. The summed E-state index contributed by atoms with van der Waals surface area (Å²) in [5.74, 6) is 0.155. The summed E-state index contributed by atoms with van der Waals surface area (Å²) in [7, 11) is 4.48. The molecule has 0 atom stereocenters. The molecule has 1 heterocycles. The van der Waals surface area contributed by atoms with E-state index in [0.717, 1.165) is 5.56 Å². The van der Waals surface area contributed by atoms with Gasteiger partial charge in [0.25, 0.3) is 11.8 Å². The van der Waals surface area contributed by atoms with E-state index in [9.17, 15) is 9.59 Å². The average molecular weight is 412 g/mol. The molecule has 2 aromatic carbocycles. The van der Waals surface area contributed by atoms with Gasteiger partial charge in [0.05, 0.1) is 27.0 Å². The van der Waals surface area contributed by atoms with E-state index in [-0.39, 0.29) is 10.7 Å². The number of carbonyl (C=O) groups excluding carboxylic acids is 2. The Balaban J connectivity index is 2.09. The third-order valence-electron chi connectivity index (χ3n) is 4.46. The number of nitrogens with zero attached hydrogens (tertiary/aromatic N) is 1. The van der Waals surface area contributed by atoms with Crippen molar-refractivity contribution in [2.45, 2.75) is 6.92 Å². The Morgan fingerprint density at radius 3 is 2.17 bits per heavy atom. The molecule has 8 heteroatoms. The summed E-state index contributed by atoms with van der Waals surface area (Å²) in [5.41, 5.74) is 1.94. The molecular formula is C21H20N2O5S. The van der Waals surface area contributed by atoms with Crippen LogP contribution >= 0.6 is 12.2 Å². The van der Waals surface area contributed by atoms with E-state index in [1.54, 1.807) is 24.3 Å². The van der Waals surface area contributed by atoms with Crippen LogP contribution in [0.25, 0.3) is 6.08 Å². The lowest BCUT2D eigenvalue weighted by Crippen LogP contribution is -2.54. The van der Waals surface area contributed by atoms with Gasteiger partial charge in [-0.25, -0.2) is 0 Å². The molecule has 1 aliphatic heterocycles. The van der Waals surface area contributed by atoms with Gasteiger partial charge in [-0.1, -0.05) is 18.2 Å². The fourth-order valence-corrected chi connectivity index (χ4v) is 3.32. The second kappa shape index (κ2) is 8.32. The van der Waals surface area contributed by atoms with E-state index >= 15 is 0 Å². The minimum atomic E-state index is -0.571. The third-order valence-corrected chi connectivity index (χ3v) is 4.74. The highest BCUT2D eigenvalue weighted by Gasteiger charge is 2.35. The van der Waals surface area contributed by atoms with Gasteiger partial charge in [0.2, 0.25) is 5.75 Å². The maximum atomic E-state index is 13.2. The molecule has 2 amide bonds. The van der Waals surface area contributed by atoms with Crippen LogP contribution in [0.15, 0.2) is 42.0 Å². The maximum Gasteiger partial charge on any atom is 0.270 e. The van der Waals surface area contributed by atoms with Gasteiger partial charge in [-0.3, -0.25) is 19.8 Å². The van der Waals surface area contributed by atoms with Crippen molar-refractivity contribution < 1.29 is 23.8 Å². The van der Waals surface area contributed by atoms with Gasteiger partial charge in [-0.2, -0.15) is 0 Å². The first kappa shape index (κ1) is 20.3. The smallest absolute Gasteiger partial charge is 0.270 e. The zero-order valence-electron chi connectivity index (χ0n) is 16.4. The summed E-state index contributed by atoms with van der Waals surface area (Å²) in [5, 5.41) is 2.62. The average Bonchev–Trinajstić information content (AvgIpc) is 2.71. The molecule has 0 aromatic heterocycles. The number of amides is 2. The molecule has 29 heavy (non-hydrogen) atoms. The van der Waals surface area contributed by atoms with Crippen LogP contribution in [0.4, 0.5) is 5.69 Å². The van der Waals surface area contributed by atoms with Crippen molar-refractivity contribution in [3.63, 3.8) is 0 Å². The molecule has 1 saturated heterocycles. The normalized spacial score (nSPS) is 15.4. The molecule has 0 unspecified atom stereocenters. The molecule has 150 valence electrons. The van der Waals surface area contributed by atoms with Gasteiger partial charge in [-0.05, 0) is 54.5 Å². The number of anilines is 1. The molecule has 0 aliphatic carbocycles. The first-order valence-corrected chi connectivity index (χ1v) is 9.09. The molecule has 2 aromatic rings. The summed E-state index contributed by atoms with van der Waals surface area (Å²) in [6.45, 7) is 1.87. The fraction of sp³-hybridized carbons (Fsp3) is 0.190. The predicted molar refractivity (Wildman–Crippen MR) is 113 cm³/mol. The molecule has 1 N–H and O–H groups in total. The third kappa shape index (κ3) is 3.79. The Kier molecular flexibility index (Phi) is 5.84. The largest absolute Gasteiger partial charge is 0.493 e. The first-order chi connectivity index (χ1) is 13.9. The maximum absolute atomic E-state index is 13.2. The highest BCUT2D eigenvalue weighted by molar-refractivity contribution is 7.80. The molecule has 7 nitrogen and oxygen atoms in total. The number of para-hydroxylation sites is 1. The highest BCUT2D eigenvalue weighted by atomic mass is 32.1. The van der Waals surface area contributed by atoms with Gasteiger partial charge in [-0.15, -0.1) is 0 Å². The summed E-state index contributed by atoms with van der Waals surface area (Å²) in [6, 6.07) is 10.6. The monoisotopic (exact) mass is 412 g/mol. The number of aryl methyl sites for hydroxylation is 1. The van der Waals surface area contributed by atoms with Crippen molar-refractivity contribution in [1.29, 1.82) is 0 Å². The number of hydrogen-bond acceptors (Lipinski definition) is 6. The van der Waals surface area contributed by atoms with Gasteiger partial charge >= 0.3 is 0 Å². The number of nitrogens with one attached hydrogen (secondary N) is 1. The first-order valence-electron chi connectivity index (χ1n) is 8.68. The number of carbonyl (C=O) groups is 2. The Labute approximate surface area is 173 Å². The van der Waals surface area contributed by atoms with Gasteiger partial charge in [0.15, 0.2) is 16.6 Å². The van der Waals surface area contributed by atoms with Gasteiger partial charge in [0.1, 0.15) is 5.57 Å². The quantitative estimate of drug-likeness (QED) is 0.462. The standard InChI is InChI=1S/C21H20N2O5S/c1-12-7-5-6-8-15(12)23-20(25)14(19(24)22-21(23)29)9-13-10-16(26-2)18(28-4)17(11-13)27-3/h5-11H,1-4H3,(H,22,24,29)/b14-9+. The Morgan fingerprint density at radius 2 is 1.62 bits per heavy atom. The summed E-state index contributed by atoms with van der Waals surface area (Å²) < 4.78 is 16.0. The van der Waals surface area contributed by atoms with Crippen molar-refractivity contribution in [3.05, 3.63) is 53.1 Å². The second-order valence-corrected chi connectivity index (χ2v) is 6.59. The van der Waals surface area contributed by atoms with E-state index in [1.807, 2.05) is 19.1 Å².